The Bertz CT molecular complexity index is 862. The van der Waals surface area contributed by atoms with Gasteiger partial charge < -0.3 is 20.9 Å². The average molecular weight is 388 g/mol. The van der Waals surface area contributed by atoms with Gasteiger partial charge in [0, 0.05) is 43.5 Å². The number of pyridine rings is 1. The normalized spacial score (nSPS) is 14.6. The first-order valence-corrected chi connectivity index (χ1v) is 9.19. The Hall–Kier alpha value is -2.94. The quantitative estimate of drug-likeness (QED) is 0.533. The van der Waals surface area contributed by atoms with Gasteiger partial charge >= 0.3 is 5.69 Å². The van der Waals surface area contributed by atoms with Crippen molar-refractivity contribution in [3.8, 4) is 0 Å². The highest BCUT2D eigenvalue weighted by atomic mass is 19.1. The minimum atomic E-state index is -0.512. The van der Waals surface area contributed by atoms with Crippen molar-refractivity contribution in [3.63, 3.8) is 0 Å². The summed E-state index contributed by atoms with van der Waals surface area (Å²) in [6.45, 7) is 8.98. The number of rotatable bonds is 5. The number of aromatic nitrogens is 1. The summed E-state index contributed by atoms with van der Waals surface area (Å²) in [5, 5.41) is 20.7. The molecule has 8 nitrogen and oxygen atoms in total. The molecule has 0 aliphatic carbocycles. The fourth-order valence-corrected chi connectivity index (χ4v) is 3.03. The van der Waals surface area contributed by atoms with Gasteiger partial charge in [-0.25, -0.2) is 9.37 Å². The zero-order valence-electron chi connectivity index (χ0n) is 16.3. The molecule has 0 bridgehead atoms. The molecule has 1 fully saturated rings. The highest BCUT2D eigenvalue weighted by Gasteiger charge is 2.20. The monoisotopic (exact) mass is 388 g/mol. The first-order chi connectivity index (χ1) is 13.2. The molecule has 3 N–H and O–H groups in total. The van der Waals surface area contributed by atoms with Crippen LogP contribution in [0.1, 0.15) is 20.8 Å². The Morgan fingerprint density at radius 2 is 1.93 bits per heavy atom. The number of nitrogens with one attached hydrogen (secondary N) is 3. The van der Waals surface area contributed by atoms with Crippen molar-refractivity contribution in [1.82, 2.24) is 10.3 Å². The molecule has 2 aromatic rings. The van der Waals surface area contributed by atoms with Gasteiger partial charge in [0.15, 0.2) is 0 Å². The van der Waals surface area contributed by atoms with Crippen LogP contribution in [-0.2, 0) is 0 Å². The Balaban J connectivity index is 1.86. The van der Waals surface area contributed by atoms with Gasteiger partial charge in [0.25, 0.3) is 0 Å². The second-order valence-corrected chi connectivity index (χ2v) is 7.72. The molecule has 2 heterocycles. The zero-order chi connectivity index (χ0) is 20.3. The molecule has 150 valence electrons. The third-order valence-corrected chi connectivity index (χ3v) is 4.24. The van der Waals surface area contributed by atoms with Crippen LogP contribution in [0.5, 0.6) is 0 Å². The van der Waals surface area contributed by atoms with Crippen molar-refractivity contribution < 1.29 is 9.31 Å². The molecule has 1 aromatic heterocycles. The second kappa shape index (κ2) is 7.97. The van der Waals surface area contributed by atoms with E-state index in [2.05, 4.69) is 20.9 Å². The van der Waals surface area contributed by atoms with Crippen LogP contribution in [0.4, 0.5) is 33.1 Å². The van der Waals surface area contributed by atoms with Crippen LogP contribution in [0, 0.1) is 15.9 Å². The van der Waals surface area contributed by atoms with Crippen molar-refractivity contribution in [2.75, 3.05) is 41.7 Å². The van der Waals surface area contributed by atoms with Crippen LogP contribution in [0.2, 0.25) is 0 Å². The van der Waals surface area contributed by atoms with Crippen LogP contribution < -0.4 is 20.9 Å². The molecular formula is C19H25FN6O2. The lowest BCUT2D eigenvalue weighted by atomic mass is 10.1. The summed E-state index contributed by atoms with van der Waals surface area (Å²) in [4.78, 5) is 17.1. The van der Waals surface area contributed by atoms with Gasteiger partial charge in [-0.2, -0.15) is 0 Å². The zero-order valence-corrected chi connectivity index (χ0v) is 16.3. The van der Waals surface area contributed by atoms with E-state index in [1.165, 1.54) is 12.1 Å². The highest BCUT2D eigenvalue weighted by molar-refractivity contribution is 5.69. The Morgan fingerprint density at radius 3 is 2.54 bits per heavy atom. The smallest absolute Gasteiger partial charge is 0.311 e. The van der Waals surface area contributed by atoms with Gasteiger partial charge in [-0.1, -0.05) is 0 Å². The Kier molecular flexibility index (Phi) is 5.64. The van der Waals surface area contributed by atoms with Gasteiger partial charge in [-0.3, -0.25) is 10.1 Å². The van der Waals surface area contributed by atoms with Crippen LogP contribution in [0.15, 0.2) is 30.3 Å². The first-order valence-electron chi connectivity index (χ1n) is 9.19. The maximum Gasteiger partial charge on any atom is 0.311 e. The Morgan fingerprint density at radius 1 is 1.21 bits per heavy atom. The number of nitrogens with zero attached hydrogens (tertiary/aromatic N) is 3. The molecule has 1 aromatic carbocycles. The van der Waals surface area contributed by atoms with Crippen LogP contribution in [0.3, 0.4) is 0 Å². The van der Waals surface area contributed by atoms with Crippen molar-refractivity contribution in [1.29, 1.82) is 0 Å². The lowest BCUT2D eigenvalue weighted by Gasteiger charge is -2.29. The average Bonchev–Trinajstić information content (AvgIpc) is 2.61. The first kappa shape index (κ1) is 19.8. The fraction of sp³-hybridized carbons (Fsp3) is 0.421. The number of piperazine rings is 1. The number of hydrogen-bond acceptors (Lipinski definition) is 7. The van der Waals surface area contributed by atoms with E-state index in [1.54, 1.807) is 18.2 Å². The molecule has 0 unspecified atom stereocenters. The van der Waals surface area contributed by atoms with E-state index >= 15 is 0 Å². The van der Waals surface area contributed by atoms with Crippen molar-refractivity contribution in [3.05, 3.63) is 46.3 Å². The van der Waals surface area contributed by atoms with E-state index in [0.29, 0.717) is 17.2 Å². The van der Waals surface area contributed by atoms with Crippen molar-refractivity contribution in [2.45, 2.75) is 26.3 Å². The Labute approximate surface area is 163 Å². The van der Waals surface area contributed by atoms with E-state index in [-0.39, 0.29) is 22.9 Å². The molecular weight excluding hydrogens is 363 g/mol. The van der Waals surface area contributed by atoms with Gasteiger partial charge in [-0.15, -0.1) is 0 Å². The molecule has 1 saturated heterocycles. The predicted octanol–water partition coefficient (Wildman–Crippen LogP) is 3.49. The van der Waals surface area contributed by atoms with E-state index in [0.717, 1.165) is 26.2 Å². The van der Waals surface area contributed by atoms with Crippen LogP contribution in [-0.4, -0.2) is 41.6 Å². The number of anilines is 4. The van der Waals surface area contributed by atoms with Gasteiger partial charge in [-0.05, 0) is 45.0 Å². The fourth-order valence-electron chi connectivity index (χ4n) is 3.03. The summed E-state index contributed by atoms with van der Waals surface area (Å²) in [6, 6.07) is 7.67. The predicted molar refractivity (Wildman–Crippen MR) is 109 cm³/mol. The minimum Gasteiger partial charge on any atom is -0.367 e. The van der Waals surface area contributed by atoms with Crippen molar-refractivity contribution in [2.24, 2.45) is 0 Å². The maximum absolute atomic E-state index is 14.6. The summed E-state index contributed by atoms with van der Waals surface area (Å²) < 4.78 is 14.6. The summed E-state index contributed by atoms with van der Waals surface area (Å²) in [7, 11) is 0. The number of benzene rings is 1. The largest absolute Gasteiger partial charge is 0.367 e. The van der Waals surface area contributed by atoms with E-state index in [4.69, 9.17) is 0 Å². The topological polar surface area (TPSA) is 95.4 Å². The highest BCUT2D eigenvalue weighted by Crippen LogP contribution is 2.30. The van der Waals surface area contributed by atoms with Crippen molar-refractivity contribution >= 4 is 28.7 Å². The number of halogens is 1. The molecule has 0 saturated carbocycles. The second-order valence-electron chi connectivity index (χ2n) is 7.72. The third-order valence-electron chi connectivity index (χ3n) is 4.24. The molecule has 3 rings (SSSR count). The summed E-state index contributed by atoms with van der Waals surface area (Å²) >= 11 is 0. The lowest BCUT2D eigenvalue weighted by Crippen LogP contribution is -2.43. The minimum absolute atomic E-state index is 0.0635. The van der Waals surface area contributed by atoms with E-state index < -0.39 is 4.92 Å². The molecule has 0 atom stereocenters. The van der Waals surface area contributed by atoms with Gasteiger partial charge in [0.1, 0.15) is 11.6 Å². The lowest BCUT2D eigenvalue weighted by molar-refractivity contribution is -0.384. The van der Waals surface area contributed by atoms with E-state index in [9.17, 15) is 14.5 Å². The maximum atomic E-state index is 14.6. The third kappa shape index (κ3) is 4.86. The van der Waals surface area contributed by atoms with Crippen LogP contribution in [0.25, 0.3) is 0 Å². The molecule has 0 spiro atoms. The summed E-state index contributed by atoms with van der Waals surface area (Å²) in [6.07, 6.45) is 0. The molecule has 0 radical (unpaired) electrons. The summed E-state index contributed by atoms with van der Waals surface area (Å²) in [5.74, 6) is 0.186. The standard InChI is InChI=1S/C19H25FN6O2/c1-19(2,3)24-17-7-6-16(26(27)28)18(23-17)22-13-4-5-15(14(20)12-13)25-10-8-21-9-11-25/h4-7,12,21H,8-11H2,1-3H3,(H2,22,23,24). The molecule has 28 heavy (non-hydrogen) atoms. The van der Waals surface area contributed by atoms with E-state index in [1.807, 2.05) is 25.7 Å². The molecule has 1 aliphatic heterocycles. The summed E-state index contributed by atoms with van der Waals surface area (Å²) in [5.41, 5.74) is 0.501. The molecule has 9 heteroatoms. The molecule has 1 aliphatic rings. The number of hydrogen-bond donors (Lipinski definition) is 3. The SMILES string of the molecule is CC(C)(C)Nc1ccc([N+](=O)[O-])c(Nc2ccc(N3CCNCC3)c(F)c2)n1. The van der Waals surface area contributed by atoms with Gasteiger partial charge in [0.05, 0.1) is 10.6 Å². The number of nitro groups is 1. The molecule has 0 amide bonds. The van der Waals surface area contributed by atoms with Crippen LogP contribution >= 0.6 is 0 Å². The van der Waals surface area contributed by atoms with Gasteiger partial charge in [0.2, 0.25) is 5.82 Å².